The Labute approximate surface area is 135 Å². The first-order valence-electron chi connectivity index (χ1n) is 7.68. The highest BCUT2D eigenvalue weighted by Gasteiger charge is 2.34. The molecule has 3 nitrogen and oxygen atoms in total. The van der Waals surface area contributed by atoms with E-state index in [4.69, 9.17) is 5.11 Å². The quantitative estimate of drug-likeness (QED) is 0.741. The van der Waals surface area contributed by atoms with Gasteiger partial charge in [-0.1, -0.05) is 42.6 Å². The molecule has 1 aromatic rings. The molecule has 2 N–H and O–H groups in total. The number of anilines is 1. The summed E-state index contributed by atoms with van der Waals surface area (Å²) >= 11 is 3.39. The first-order chi connectivity index (χ1) is 9.90. The van der Waals surface area contributed by atoms with E-state index in [-0.39, 0.29) is 0 Å². The lowest BCUT2D eigenvalue weighted by Gasteiger charge is -2.31. The maximum absolute atomic E-state index is 11.1. The molecule has 116 valence electrons. The predicted octanol–water partition coefficient (Wildman–Crippen LogP) is 5.17. The Morgan fingerprint density at radius 2 is 2.00 bits per heavy atom. The number of benzene rings is 1. The van der Waals surface area contributed by atoms with E-state index in [1.807, 2.05) is 6.07 Å². The first kappa shape index (κ1) is 16.3. The number of hydrogen-bond acceptors (Lipinski definition) is 2. The summed E-state index contributed by atoms with van der Waals surface area (Å²) in [7, 11) is 0. The number of carboxylic acid groups (broad SMARTS) is 1. The Morgan fingerprint density at radius 1 is 1.33 bits per heavy atom. The van der Waals surface area contributed by atoms with Crippen LogP contribution in [0.1, 0.15) is 56.3 Å². The maximum Gasteiger partial charge on any atom is 0.335 e. The van der Waals surface area contributed by atoms with E-state index in [0.29, 0.717) is 16.9 Å². The van der Waals surface area contributed by atoms with Crippen LogP contribution in [0.2, 0.25) is 0 Å². The van der Waals surface area contributed by atoms with Gasteiger partial charge in [0.05, 0.1) is 5.56 Å². The molecular weight excluding hydrogens is 330 g/mol. The van der Waals surface area contributed by atoms with E-state index in [9.17, 15) is 4.79 Å². The van der Waals surface area contributed by atoms with E-state index in [1.165, 1.54) is 32.1 Å². The van der Waals surface area contributed by atoms with Gasteiger partial charge >= 0.3 is 5.97 Å². The fourth-order valence-electron chi connectivity index (χ4n) is 3.55. The summed E-state index contributed by atoms with van der Waals surface area (Å²) in [5, 5.41) is 12.6. The Morgan fingerprint density at radius 3 is 2.57 bits per heavy atom. The van der Waals surface area contributed by atoms with Gasteiger partial charge in [-0.3, -0.25) is 0 Å². The summed E-state index contributed by atoms with van der Waals surface area (Å²) < 4.78 is 0.800. The average molecular weight is 354 g/mol. The molecule has 0 atom stereocenters. The van der Waals surface area contributed by atoms with Gasteiger partial charge in [-0.05, 0) is 48.8 Å². The van der Waals surface area contributed by atoms with Crippen LogP contribution >= 0.6 is 15.9 Å². The van der Waals surface area contributed by atoms with Crippen molar-refractivity contribution >= 4 is 27.6 Å². The van der Waals surface area contributed by atoms with Crippen LogP contribution in [-0.2, 0) is 0 Å². The van der Waals surface area contributed by atoms with Gasteiger partial charge < -0.3 is 10.4 Å². The van der Waals surface area contributed by atoms with Crippen molar-refractivity contribution in [2.45, 2.75) is 46.0 Å². The fraction of sp³-hybridized carbons (Fsp3) is 0.588. The molecule has 21 heavy (non-hydrogen) atoms. The maximum atomic E-state index is 11.1. The highest BCUT2D eigenvalue weighted by atomic mass is 79.9. The Balaban J connectivity index is 2.09. The molecule has 1 fully saturated rings. The van der Waals surface area contributed by atoms with Gasteiger partial charge in [-0.25, -0.2) is 4.79 Å². The monoisotopic (exact) mass is 353 g/mol. The van der Waals surface area contributed by atoms with Crippen molar-refractivity contribution in [1.29, 1.82) is 0 Å². The van der Waals surface area contributed by atoms with Crippen LogP contribution in [0.3, 0.4) is 0 Å². The van der Waals surface area contributed by atoms with Gasteiger partial charge in [-0.15, -0.1) is 0 Å². The minimum atomic E-state index is -0.892. The molecule has 0 aromatic heterocycles. The average Bonchev–Trinajstić information content (AvgIpc) is 2.84. The van der Waals surface area contributed by atoms with E-state index < -0.39 is 5.97 Å². The zero-order valence-corrected chi connectivity index (χ0v) is 14.4. The Kier molecular flexibility index (Phi) is 5.31. The fourth-order valence-corrected chi connectivity index (χ4v) is 4.04. The minimum Gasteiger partial charge on any atom is -0.478 e. The van der Waals surface area contributed by atoms with Gasteiger partial charge in [0, 0.05) is 16.7 Å². The van der Waals surface area contributed by atoms with Crippen LogP contribution in [0.4, 0.5) is 5.69 Å². The molecule has 0 bridgehead atoms. The van der Waals surface area contributed by atoms with Gasteiger partial charge in [0.25, 0.3) is 0 Å². The van der Waals surface area contributed by atoms with Crippen LogP contribution in [0.25, 0.3) is 0 Å². The zero-order chi connectivity index (χ0) is 15.5. The molecule has 0 unspecified atom stereocenters. The second-order valence-corrected chi connectivity index (χ2v) is 7.61. The predicted molar refractivity (Wildman–Crippen MR) is 89.9 cm³/mol. The van der Waals surface area contributed by atoms with E-state index in [1.54, 1.807) is 12.1 Å². The molecule has 1 saturated carbocycles. The third-order valence-corrected chi connectivity index (χ3v) is 4.78. The number of carboxylic acids is 1. The molecule has 1 aliphatic rings. The van der Waals surface area contributed by atoms with Gasteiger partial charge in [0.15, 0.2) is 0 Å². The molecule has 2 rings (SSSR count). The summed E-state index contributed by atoms with van der Waals surface area (Å²) in [5.74, 6) is -0.195. The molecular formula is C17H24BrNO2. The number of halogens is 1. The lowest BCUT2D eigenvalue weighted by Crippen LogP contribution is -2.28. The summed E-state index contributed by atoms with van der Waals surface area (Å²) in [4.78, 5) is 11.1. The van der Waals surface area contributed by atoms with Gasteiger partial charge in [-0.2, -0.15) is 0 Å². The van der Waals surface area contributed by atoms with Crippen molar-refractivity contribution in [3.05, 3.63) is 28.2 Å². The van der Waals surface area contributed by atoms with Crippen LogP contribution in [0, 0.1) is 11.3 Å². The zero-order valence-electron chi connectivity index (χ0n) is 12.8. The van der Waals surface area contributed by atoms with Crippen LogP contribution < -0.4 is 5.32 Å². The normalized spacial score (nSPS) is 17.1. The highest BCUT2D eigenvalue weighted by molar-refractivity contribution is 9.10. The second kappa shape index (κ2) is 6.82. The largest absolute Gasteiger partial charge is 0.478 e. The van der Waals surface area contributed by atoms with Crippen LogP contribution in [0.15, 0.2) is 22.7 Å². The van der Waals surface area contributed by atoms with E-state index in [0.717, 1.165) is 16.7 Å². The SMILES string of the molecule is CC(C)CC1(CNc2cc(Br)cc(C(=O)O)c2)CCCC1. The second-order valence-electron chi connectivity index (χ2n) is 6.69. The molecule has 1 aliphatic carbocycles. The lowest BCUT2D eigenvalue weighted by atomic mass is 9.78. The van der Waals surface area contributed by atoms with Crippen molar-refractivity contribution in [3.8, 4) is 0 Å². The standard InChI is InChI=1S/C17H24BrNO2/c1-12(2)10-17(5-3-4-6-17)11-19-15-8-13(16(20)21)7-14(18)9-15/h7-9,12,19H,3-6,10-11H2,1-2H3,(H,20,21). The topological polar surface area (TPSA) is 49.3 Å². The van der Waals surface area contributed by atoms with Crippen molar-refractivity contribution in [1.82, 2.24) is 0 Å². The van der Waals surface area contributed by atoms with E-state index in [2.05, 4.69) is 35.1 Å². The molecule has 0 spiro atoms. The molecule has 1 aromatic carbocycles. The minimum absolute atomic E-state index is 0.316. The van der Waals surface area contributed by atoms with Crippen molar-refractivity contribution in [2.75, 3.05) is 11.9 Å². The Bertz CT molecular complexity index is 508. The number of carbonyl (C=O) groups is 1. The van der Waals surface area contributed by atoms with Crippen molar-refractivity contribution in [2.24, 2.45) is 11.3 Å². The lowest BCUT2D eigenvalue weighted by molar-refractivity contribution is 0.0697. The first-order valence-corrected chi connectivity index (χ1v) is 8.47. The molecule has 0 radical (unpaired) electrons. The molecule has 4 heteroatoms. The van der Waals surface area contributed by atoms with Gasteiger partial charge in [0.1, 0.15) is 0 Å². The van der Waals surface area contributed by atoms with E-state index >= 15 is 0 Å². The number of rotatable bonds is 6. The van der Waals surface area contributed by atoms with Crippen LogP contribution in [-0.4, -0.2) is 17.6 Å². The molecule has 0 saturated heterocycles. The molecule has 0 heterocycles. The number of nitrogens with one attached hydrogen (secondary N) is 1. The number of aromatic carboxylic acids is 1. The summed E-state index contributed by atoms with van der Waals surface area (Å²) in [6, 6.07) is 5.29. The van der Waals surface area contributed by atoms with Crippen LogP contribution in [0.5, 0.6) is 0 Å². The summed E-state index contributed by atoms with van der Waals surface area (Å²) in [6.45, 7) is 5.49. The Hall–Kier alpha value is -1.03. The highest BCUT2D eigenvalue weighted by Crippen LogP contribution is 2.43. The number of hydrogen-bond donors (Lipinski definition) is 2. The van der Waals surface area contributed by atoms with Crippen molar-refractivity contribution < 1.29 is 9.90 Å². The third-order valence-electron chi connectivity index (χ3n) is 4.32. The molecule has 0 amide bonds. The molecule has 0 aliphatic heterocycles. The smallest absolute Gasteiger partial charge is 0.335 e. The summed E-state index contributed by atoms with van der Waals surface area (Å²) in [6.07, 6.45) is 6.41. The van der Waals surface area contributed by atoms with Gasteiger partial charge in [0.2, 0.25) is 0 Å². The summed E-state index contributed by atoms with van der Waals surface area (Å²) in [5.41, 5.74) is 1.58. The third kappa shape index (κ3) is 4.47. The van der Waals surface area contributed by atoms with Crippen molar-refractivity contribution in [3.63, 3.8) is 0 Å².